The van der Waals surface area contributed by atoms with Crippen molar-refractivity contribution in [2.24, 2.45) is 27.2 Å². The molecular formula is C16H17ClF3N5O3S. The first kappa shape index (κ1) is 24.2. The highest BCUT2D eigenvalue weighted by atomic mass is 35.5. The maximum absolute atomic E-state index is 12.5. The van der Waals surface area contributed by atoms with Crippen LogP contribution in [-0.4, -0.2) is 24.9 Å². The van der Waals surface area contributed by atoms with Crippen LogP contribution < -0.4 is 17.2 Å². The molecule has 2 aromatic rings. The van der Waals surface area contributed by atoms with Crippen molar-refractivity contribution in [1.29, 1.82) is 0 Å². The molecule has 0 aliphatic rings. The van der Waals surface area contributed by atoms with Crippen LogP contribution in [0.5, 0.6) is 0 Å². The Kier molecular flexibility index (Phi) is 8.00. The molecule has 0 saturated heterocycles. The Balaban J connectivity index is 0.000000326. The molecule has 8 nitrogen and oxygen atoms in total. The van der Waals surface area contributed by atoms with Crippen LogP contribution >= 0.6 is 11.6 Å². The highest BCUT2D eigenvalue weighted by Gasteiger charge is 2.30. The SMILES string of the molecule is Cc1ccc(S(=O)(=O)O)cc1.NC(N)=NC(N)=Nc1cc(C(F)(F)F)ccc1Cl. The van der Waals surface area contributed by atoms with Gasteiger partial charge in [-0.1, -0.05) is 29.3 Å². The third-order valence-electron chi connectivity index (χ3n) is 3.07. The number of alkyl halides is 3. The van der Waals surface area contributed by atoms with Gasteiger partial charge in [0, 0.05) is 0 Å². The van der Waals surface area contributed by atoms with Gasteiger partial charge in [-0.25, -0.2) is 4.99 Å². The summed E-state index contributed by atoms with van der Waals surface area (Å²) in [6, 6.07) is 8.63. The molecule has 13 heteroatoms. The number of benzene rings is 2. The standard InChI is InChI=1S/C9H9ClF3N5.C7H8O3S/c10-5-2-1-4(9(11,12)13)3-6(5)17-8(16)18-7(14)15;1-6-2-4-7(5-3-6)11(8,9)10/h1-3H,(H6,14,15,16,17,18);2-5H,1H3,(H,8,9,10). The second-order valence-corrected chi connectivity index (χ2v) is 7.29. The molecule has 0 heterocycles. The molecule has 2 rings (SSSR count). The largest absolute Gasteiger partial charge is 0.416 e. The van der Waals surface area contributed by atoms with Crippen LogP contribution in [0.15, 0.2) is 57.3 Å². The molecule has 29 heavy (non-hydrogen) atoms. The van der Waals surface area contributed by atoms with Gasteiger partial charge in [0.05, 0.1) is 21.2 Å². The Bertz CT molecular complexity index is 1020. The van der Waals surface area contributed by atoms with Crippen LogP contribution in [0.3, 0.4) is 0 Å². The topological polar surface area (TPSA) is 157 Å². The predicted molar refractivity (Wildman–Crippen MR) is 105 cm³/mol. The summed E-state index contributed by atoms with van der Waals surface area (Å²) >= 11 is 5.69. The van der Waals surface area contributed by atoms with Crippen LogP contribution in [0.4, 0.5) is 18.9 Å². The van der Waals surface area contributed by atoms with E-state index in [9.17, 15) is 21.6 Å². The number of nitrogens with zero attached hydrogens (tertiary/aromatic N) is 2. The first-order valence-corrected chi connectivity index (χ1v) is 9.36. The summed E-state index contributed by atoms with van der Waals surface area (Å²) in [4.78, 5) is 6.89. The molecule has 0 atom stereocenters. The first-order chi connectivity index (χ1) is 13.2. The first-order valence-electron chi connectivity index (χ1n) is 7.55. The number of nitrogens with two attached hydrogens (primary N) is 3. The van der Waals surface area contributed by atoms with Gasteiger partial charge in [-0.15, -0.1) is 0 Å². The van der Waals surface area contributed by atoms with Crippen LogP contribution in [0.1, 0.15) is 11.1 Å². The zero-order valence-electron chi connectivity index (χ0n) is 14.9. The van der Waals surface area contributed by atoms with Crippen molar-refractivity contribution in [3.05, 3.63) is 58.6 Å². The lowest BCUT2D eigenvalue weighted by atomic mass is 10.2. The van der Waals surface area contributed by atoms with Gasteiger partial charge in [0.15, 0.2) is 5.96 Å². The van der Waals surface area contributed by atoms with Gasteiger partial charge in [-0.2, -0.15) is 26.6 Å². The molecule has 158 valence electrons. The Morgan fingerprint density at radius 1 is 1.07 bits per heavy atom. The van der Waals surface area contributed by atoms with Gasteiger partial charge < -0.3 is 17.2 Å². The van der Waals surface area contributed by atoms with E-state index in [4.69, 9.17) is 33.4 Å². The van der Waals surface area contributed by atoms with Crippen LogP contribution in [0.25, 0.3) is 0 Å². The minimum absolute atomic E-state index is 0.00302. The summed E-state index contributed by atoms with van der Waals surface area (Å²) < 4.78 is 66.9. The molecule has 2 aromatic carbocycles. The van der Waals surface area contributed by atoms with Gasteiger partial charge in [0.25, 0.3) is 10.1 Å². The van der Waals surface area contributed by atoms with Gasteiger partial charge in [0.2, 0.25) is 5.96 Å². The van der Waals surface area contributed by atoms with Gasteiger partial charge in [0.1, 0.15) is 0 Å². The molecular weight excluding hydrogens is 435 g/mol. The lowest BCUT2D eigenvalue weighted by Gasteiger charge is -2.08. The van der Waals surface area contributed by atoms with Crippen molar-refractivity contribution in [2.45, 2.75) is 18.0 Å². The number of rotatable bonds is 2. The Morgan fingerprint density at radius 2 is 1.62 bits per heavy atom. The average molecular weight is 452 g/mol. The number of hydrogen-bond acceptors (Lipinski definition) is 3. The fourth-order valence-electron chi connectivity index (χ4n) is 1.77. The number of hydrogen-bond donors (Lipinski definition) is 4. The zero-order chi connectivity index (χ0) is 22.4. The molecule has 0 fully saturated rings. The summed E-state index contributed by atoms with van der Waals surface area (Å²) in [6.07, 6.45) is -4.50. The molecule has 7 N–H and O–H groups in total. The minimum atomic E-state index is -4.50. The molecule has 0 aromatic heterocycles. The molecule has 0 aliphatic carbocycles. The van der Waals surface area contributed by atoms with E-state index in [0.717, 1.165) is 23.8 Å². The van der Waals surface area contributed by atoms with Crippen LogP contribution in [-0.2, 0) is 16.3 Å². The maximum atomic E-state index is 12.5. The van der Waals surface area contributed by atoms with Crippen molar-refractivity contribution in [3.63, 3.8) is 0 Å². The Hall–Kier alpha value is -2.83. The minimum Gasteiger partial charge on any atom is -0.370 e. The molecule has 0 amide bonds. The van der Waals surface area contributed by atoms with E-state index in [1.165, 1.54) is 12.1 Å². The summed E-state index contributed by atoms with van der Waals surface area (Å²) in [5.74, 6) is -0.754. The lowest BCUT2D eigenvalue weighted by Crippen LogP contribution is -2.26. The van der Waals surface area contributed by atoms with Crippen molar-refractivity contribution in [2.75, 3.05) is 0 Å². The van der Waals surface area contributed by atoms with E-state index in [1.54, 1.807) is 12.1 Å². The zero-order valence-corrected chi connectivity index (χ0v) is 16.4. The Morgan fingerprint density at radius 3 is 2.07 bits per heavy atom. The molecule has 0 saturated carbocycles. The van der Waals surface area contributed by atoms with Crippen molar-refractivity contribution >= 4 is 39.3 Å². The molecule has 0 unspecified atom stereocenters. The second kappa shape index (κ2) is 9.58. The van der Waals surface area contributed by atoms with E-state index >= 15 is 0 Å². The number of aryl methyl sites for hydroxylation is 1. The van der Waals surface area contributed by atoms with Crippen LogP contribution in [0.2, 0.25) is 5.02 Å². The summed E-state index contributed by atoms with van der Waals surface area (Å²) in [5.41, 5.74) is 15.3. The fourth-order valence-corrected chi connectivity index (χ4v) is 2.41. The highest BCUT2D eigenvalue weighted by Crippen LogP contribution is 2.34. The number of guanidine groups is 2. The van der Waals surface area contributed by atoms with Crippen LogP contribution in [0, 0.1) is 6.92 Å². The van der Waals surface area contributed by atoms with Gasteiger partial charge >= 0.3 is 6.18 Å². The average Bonchev–Trinajstić information content (AvgIpc) is 2.55. The van der Waals surface area contributed by atoms with E-state index in [2.05, 4.69) is 9.98 Å². The number of halogens is 4. The predicted octanol–water partition coefficient (Wildman–Crippen LogP) is 2.82. The van der Waals surface area contributed by atoms with E-state index in [-0.39, 0.29) is 21.6 Å². The van der Waals surface area contributed by atoms with Crippen molar-refractivity contribution in [1.82, 2.24) is 0 Å². The molecule has 0 spiro atoms. The van der Waals surface area contributed by atoms with Gasteiger partial charge in [-0.3, -0.25) is 4.55 Å². The third-order valence-corrected chi connectivity index (χ3v) is 4.26. The fraction of sp³-hybridized carbons (Fsp3) is 0.125. The maximum Gasteiger partial charge on any atom is 0.416 e. The molecule has 0 bridgehead atoms. The van der Waals surface area contributed by atoms with E-state index < -0.39 is 27.8 Å². The molecule has 0 radical (unpaired) electrons. The van der Waals surface area contributed by atoms with Gasteiger partial charge in [-0.05, 0) is 37.3 Å². The quantitative estimate of drug-likeness (QED) is 0.312. The second-order valence-electron chi connectivity index (χ2n) is 5.46. The summed E-state index contributed by atoms with van der Waals surface area (Å²) in [6.45, 7) is 1.84. The van der Waals surface area contributed by atoms with E-state index in [1.807, 2.05) is 6.92 Å². The number of aliphatic imine (C=N–C) groups is 2. The monoisotopic (exact) mass is 451 g/mol. The Labute approximate surface area is 169 Å². The van der Waals surface area contributed by atoms with E-state index in [0.29, 0.717) is 0 Å². The molecule has 0 aliphatic heterocycles. The third kappa shape index (κ3) is 8.37. The summed E-state index contributed by atoms with van der Waals surface area (Å²) in [5, 5.41) is -0.00302. The summed E-state index contributed by atoms with van der Waals surface area (Å²) in [7, 11) is -4.02. The van der Waals surface area contributed by atoms with Crippen molar-refractivity contribution in [3.8, 4) is 0 Å². The smallest absolute Gasteiger partial charge is 0.370 e. The normalized spacial score (nSPS) is 12.0. The van der Waals surface area contributed by atoms with Crippen molar-refractivity contribution < 1.29 is 26.1 Å². The highest BCUT2D eigenvalue weighted by molar-refractivity contribution is 7.85. The lowest BCUT2D eigenvalue weighted by molar-refractivity contribution is -0.137.